The zero-order valence-electron chi connectivity index (χ0n) is 15.5. The summed E-state index contributed by atoms with van der Waals surface area (Å²) in [6.45, 7) is 8.06. The van der Waals surface area contributed by atoms with Crippen LogP contribution in [-0.2, 0) is 0 Å². The SMILES string of the molecule is C=CCOc1cccc(NC(=S)NC(=O)c2cccc(OC(C)CC)c2)c1. The van der Waals surface area contributed by atoms with Gasteiger partial charge in [0.15, 0.2) is 5.11 Å². The van der Waals surface area contributed by atoms with Crippen molar-refractivity contribution in [1.82, 2.24) is 5.32 Å². The maximum Gasteiger partial charge on any atom is 0.257 e. The van der Waals surface area contributed by atoms with E-state index in [1.54, 1.807) is 30.3 Å². The van der Waals surface area contributed by atoms with Crippen molar-refractivity contribution in [3.8, 4) is 11.5 Å². The zero-order chi connectivity index (χ0) is 19.6. The summed E-state index contributed by atoms with van der Waals surface area (Å²) < 4.78 is 11.2. The van der Waals surface area contributed by atoms with Crippen molar-refractivity contribution in [2.45, 2.75) is 26.4 Å². The average Bonchev–Trinajstić information content (AvgIpc) is 2.66. The van der Waals surface area contributed by atoms with E-state index in [0.717, 1.165) is 12.1 Å². The number of rotatable bonds is 8. The van der Waals surface area contributed by atoms with Crippen molar-refractivity contribution in [1.29, 1.82) is 0 Å². The summed E-state index contributed by atoms with van der Waals surface area (Å²) in [6.07, 6.45) is 2.64. The minimum atomic E-state index is -0.304. The lowest BCUT2D eigenvalue weighted by Gasteiger charge is -2.14. The highest BCUT2D eigenvalue weighted by Crippen LogP contribution is 2.18. The molecule has 1 atom stereocenters. The monoisotopic (exact) mass is 384 g/mol. The Balaban J connectivity index is 1.96. The molecule has 142 valence electrons. The van der Waals surface area contributed by atoms with Crippen LogP contribution >= 0.6 is 12.2 Å². The summed E-state index contributed by atoms with van der Waals surface area (Å²) in [5.74, 6) is 1.04. The first-order valence-corrected chi connectivity index (χ1v) is 9.15. The number of carbonyl (C=O) groups excluding carboxylic acids is 1. The number of benzene rings is 2. The molecule has 0 aliphatic rings. The number of ether oxygens (including phenoxy) is 2. The van der Waals surface area contributed by atoms with Gasteiger partial charge in [-0.3, -0.25) is 10.1 Å². The average molecular weight is 385 g/mol. The van der Waals surface area contributed by atoms with Gasteiger partial charge in [0.1, 0.15) is 18.1 Å². The highest BCUT2D eigenvalue weighted by molar-refractivity contribution is 7.80. The van der Waals surface area contributed by atoms with Gasteiger partial charge in [-0.25, -0.2) is 0 Å². The predicted octanol–water partition coefficient (Wildman–Crippen LogP) is 4.56. The molecule has 1 unspecified atom stereocenters. The Morgan fingerprint density at radius 1 is 1.22 bits per heavy atom. The van der Waals surface area contributed by atoms with Crippen molar-refractivity contribution in [2.75, 3.05) is 11.9 Å². The van der Waals surface area contributed by atoms with Crippen LogP contribution in [0.3, 0.4) is 0 Å². The standard InChI is InChI=1S/C21H24N2O3S/c1-4-12-25-18-10-7-9-17(14-18)22-21(27)23-20(24)16-8-6-11-19(13-16)26-15(3)5-2/h4,6-11,13-15H,1,5,12H2,2-3H3,(H2,22,23,24,27). The van der Waals surface area contributed by atoms with Crippen molar-refractivity contribution in [3.05, 3.63) is 66.7 Å². The van der Waals surface area contributed by atoms with Gasteiger partial charge >= 0.3 is 0 Å². The zero-order valence-corrected chi connectivity index (χ0v) is 16.3. The Bertz CT molecular complexity index is 808. The molecular formula is C21H24N2O3S. The molecule has 5 nitrogen and oxygen atoms in total. The third-order valence-electron chi connectivity index (χ3n) is 3.70. The maximum atomic E-state index is 12.4. The molecule has 2 aromatic rings. The number of amides is 1. The van der Waals surface area contributed by atoms with Gasteiger partial charge in [-0.2, -0.15) is 0 Å². The first-order chi connectivity index (χ1) is 13.0. The van der Waals surface area contributed by atoms with E-state index < -0.39 is 0 Å². The molecule has 27 heavy (non-hydrogen) atoms. The summed E-state index contributed by atoms with van der Waals surface area (Å²) in [7, 11) is 0. The van der Waals surface area contributed by atoms with E-state index in [1.165, 1.54) is 0 Å². The molecule has 0 fully saturated rings. The van der Waals surface area contributed by atoms with Crippen molar-refractivity contribution in [3.63, 3.8) is 0 Å². The highest BCUT2D eigenvalue weighted by Gasteiger charge is 2.10. The molecule has 2 rings (SSSR count). The van der Waals surface area contributed by atoms with E-state index in [9.17, 15) is 4.79 Å². The van der Waals surface area contributed by atoms with E-state index in [-0.39, 0.29) is 17.1 Å². The lowest BCUT2D eigenvalue weighted by Crippen LogP contribution is -2.34. The van der Waals surface area contributed by atoms with Gasteiger partial charge in [-0.1, -0.05) is 31.7 Å². The molecule has 0 saturated heterocycles. The normalized spacial score (nSPS) is 11.2. The first-order valence-electron chi connectivity index (χ1n) is 8.74. The number of nitrogens with one attached hydrogen (secondary N) is 2. The summed E-state index contributed by atoms with van der Waals surface area (Å²) in [6, 6.07) is 14.3. The predicted molar refractivity (Wildman–Crippen MR) is 113 cm³/mol. The minimum absolute atomic E-state index is 0.0849. The van der Waals surface area contributed by atoms with Crippen LogP contribution in [0.1, 0.15) is 30.6 Å². The van der Waals surface area contributed by atoms with Crippen LogP contribution in [0.4, 0.5) is 5.69 Å². The molecule has 6 heteroatoms. The van der Waals surface area contributed by atoms with Crippen LogP contribution in [0, 0.1) is 0 Å². The second-order valence-electron chi connectivity index (χ2n) is 5.90. The molecule has 0 aliphatic carbocycles. The highest BCUT2D eigenvalue weighted by atomic mass is 32.1. The van der Waals surface area contributed by atoms with Gasteiger partial charge < -0.3 is 14.8 Å². The molecule has 1 amide bonds. The fourth-order valence-corrected chi connectivity index (χ4v) is 2.39. The van der Waals surface area contributed by atoms with Crippen molar-refractivity contribution >= 4 is 28.9 Å². The maximum absolute atomic E-state index is 12.4. The summed E-state index contributed by atoms with van der Waals surface area (Å²) >= 11 is 5.23. The molecule has 0 radical (unpaired) electrons. The summed E-state index contributed by atoms with van der Waals surface area (Å²) in [5, 5.41) is 5.85. The third-order valence-corrected chi connectivity index (χ3v) is 3.90. The van der Waals surface area contributed by atoms with Crippen LogP contribution in [0.15, 0.2) is 61.2 Å². The molecule has 0 saturated carbocycles. The largest absolute Gasteiger partial charge is 0.491 e. The molecule has 0 spiro atoms. The number of hydrogen-bond donors (Lipinski definition) is 2. The van der Waals surface area contributed by atoms with Crippen molar-refractivity contribution < 1.29 is 14.3 Å². The Morgan fingerprint density at radius 3 is 2.70 bits per heavy atom. The second kappa shape index (κ2) is 10.3. The van der Waals surface area contributed by atoms with Gasteiger partial charge in [0.2, 0.25) is 0 Å². The van der Waals surface area contributed by atoms with Crippen LogP contribution in [0.5, 0.6) is 11.5 Å². The van der Waals surface area contributed by atoms with Gasteiger partial charge in [0.25, 0.3) is 5.91 Å². The Hall–Kier alpha value is -2.86. The van der Waals surface area contributed by atoms with E-state index in [2.05, 4.69) is 17.2 Å². The summed E-state index contributed by atoms with van der Waals surface area (Å²) in [4.78, 5) is 12.4. The number of anilines is 1. The molecular weight excluding hydrogens is 360 g/mol. The number of thiocarbonyl (C=S) groups is 1. The molecule has 2 aromatic carbocycles. The fraction of sp³-hybridized carbons (Fsp3) is 0.238. The van der Waals surface area contributed by atoms with Crippen LogP contribution < -0.4 is 20.1 Å². The third kappa shape index (κ3) is 6.75. The molecule has 0 heterocycles. The van der Waals surface area contributed by atoms with Crippen LogP contribution in [-0.4, -0.2) is 23.7 Å². The van der Waals surface area contributed by atoms with Gasteiger partial charge in [0.05, 0.1) is 6.10 Å². The van der Waals surface area contributed by atoms with Crippen LogP contribution in [0.25, 0.3) is 0 Å². The Kier molecular flexibility index (Phi) is 7.82. The molecule has 0 aromatic heterocycles. The Labute approximate surface area is 165 Å². The number of hydrogen-bond acceptors (Lipinski definition) is 4. The fourth-order valence-electron chi connectivity index (χ4n) is 2.18. The topological polar surface area (TPSA) is 59.6 Å². The van der Waals surface area contributed by atoms with E-state index >= 15 is 0 Å². The van der Waals surface area contributed by atoms with Crippen molar-refractivity contribution in [2.24, 2.45) is 0 Å². The van der Waals surface area contributed by atoms with E-state index in [1.807, 2.05) is 38.1 Å². The van der Waals surface area contributed by atoms with Gasteiger partial charge in [0, 0.05) is 17.3 Å². The lowest BCUT2D eigenvalue weighted by atomic mass is 10.2. The first kappa shape index (κ1) is 20.5. The van der Waals surface area contributed by atoms with Gasteiger partial charge in [-0.15, -0.1) is 0 Å². The summed E-state index contributed by atoms with van der Waals surface area (Å²) in [5.41, 5.74) is 1.19. The van der Waals surface area contributed by atoms with E-state index in [4.69, 9.17) is 21.7 Å². The smallest absolute Gasteiger partial charge is 0.257 e. The molecule has 0 aliphatic heterocycles. The van der Waals surface area contributed by atoms with Gasteiger partial charge in [-0.05, 0) is 55.9 Å². The van der Waals surface area contributed by atoms with E-state index in [0.29, 0.717) is 23.7 Å². The molecule has 0 bridgehead atoms. The second-order valence-corrected chi connectivity index (χ2v) is 6.31. The molecule has 2 N–H and O–H groups in total. The lowest BCUT2D eigenvalue weighted by molar-refractivity contribution is 0.0977. The minimum Gasteiger partial charge on any atom is -0.491 e. The quantitative estimate of drug-likeness (QED) is 0.516. The Morgan fingerprint density at radius 2 is 1.96 bits per heavy atom. The number of carbonyl (C=O) groups is 1. The van der Waals surface area contributed by atoms with Crippen LogP contribution in [0.2, 0.25) is 0 Å².